The van der Waals surface area contributed by atoms with Gasteiger partial charge in [0.1, 0.15) is 6.17 Å². The normalized spacial score (nSPS) is 15.2. The molecule has 10 heteroatoms. The number of nitrogens with one attached hydrogen (secondary N) is 2. The van der Waals surface area contributed by atoms with Crippen LogP contribution < -0.4 is 16.5 Å². The second-order valence-electron chi connectivity index (χ2n) is 6.83. The molecule has 1 aliphatic rings. The lowest BCUT2D eigenvalue weighted by atomic mass is 10.00. The molecule has 0 fully saturated rings. The van der Waals surface area contributed by atoms with Crippen LogP contribution in [0, 0.1) is 0 Å². The molecule has 1 aliphatic heterocycles. The number of amides is 1. The monoisotopic (exact) mass is 457 g/mol. The zero-order valence-corrected chi connectivity index (χ0v) is 18.5. The molecule has 2 aromatic carbocycles. The van der Waals surface area contributed by atoms with Gasteiger partial charge in [-0.1, -0.05) is 29.0 Å². The summed E-state index contributed by atoms with van der Waals surface area (Å²) < 4.78 is 10.1. The molecule has 0 radical (unpaired) electrons. The second kappa shape index (κ2) is 10.6. The molecular weight excluding hydrogens is 434 g/mol. The van der Waals surface area contributed by atoms with Crippen LogP contribution in [-0.2, 0) is 14.3 Å². The van der Waals surface area contributed by atoms with Gasteiger partial charge in [0.05, 0.1) is 18.2 Å². The molecule has 0 bridgehead atoms. The largest absolute Gasteiger partial charge is 0.463 e. The molecule has 3 rings (SSSR count). The molecule has 2 aromatic rings. The van der Waals surface area contributed by atoms with Crippen molar-refractivity contribution in [3.63, 3.8) is 0 Å². The average molecular weight is 458 g/mol. The molecule has 0 saturated carbocycles. The van der Waals surface area contributed by atoms with Crippen molar-refractivity contribution in [2.24, 2.45) is 16.2 Å². The second-order valence-corrected chi connectivity index (χ2v) is 7.23. The number of hydrogen-bond acceptors (Lipinski definition) is 7. The number of carbonyl (C=O) groups excluding carboxylic acids is 2. The van der Waals surface area contributed by atoms with Crippen molar-refractivity contribution in [1.82, 2.24) is 0 Å². The quantitative estimate of drug-likeness (QED) is 0.242. The van der Waals surface area contributed by atoms with E-state index in [-0.39, 0.29) is 19.6 Å². The molecule has 9 nitrogen and oxygen atoms in total. The van der Waals surface area contributed by atoms with Crippen LogP contribution in [0.5, 0.6) is 0 Å². The highest BCUT2D eigenvalue weighted by Gasteiger charge is 2.22. The lowest BCUT2D eigenvalue weighted by Gasteiger charge is -2.14. The van der Waals surface area contributed by atoms with Gasteiger partial charge in [0.25, 0.3) is 0 Å². The van der Waals surface area contributed by atoms with Gasteiger partial charge >= 0.3 is 12.1 Å². The van der Waals surface area contributed by atoms with Crippen LogP contribution in [0.3, 0.4) is 0 Å². The minimum atomic E-state index is -0.548. The summed E-state index contributed by atoms with van der Waals surface area (Å²) in [7, 11) is 0. The number of anilines is 2. The van der Waals surface area contributed by atoms with E-state index in [1.165, 1.54) is 0 Å². The lowest BCUT2D eigenvalue weighted by Crippen LogP contribution is -2.19. The van der Waals surface area contributed by atoms with Gasteiger partial charge in [0.2, 0.25) is 0 Å². The van der Waals surface area contributed by atoms with Gasteiger partial charge in [-0.25, -0.2) is 9.59 Å². The van der Waals surface area contributed by atoms with E-state index in [2.05, 4.69) is 21.0 Å². The van der Waals surface area contributed by atoms with Gasteiger partial charge in [0.15, 0.2) is 0 Å². The van der Waals surface area contributed by atoms with Crippen LogP contribution in [0.4, 0.5) is 16.2 Å². The first-order valence-corrected chi connectivity index (χ1v) is 10.4. The third-order valence-electron chi connectivity index (χ3n) is 4.66. The first-order valence-electron chi connectivity index (χ1n) is 10.1. The Kier molecular flexibility index (Phi) is 7.67. The summed E-state index contributed by atoms with van der Waals surface area (Å²) in [4.78, 5) is 24.0. The van der Waals surface area contributed by atoms with E-state index in [1.54, 1.807) is 38.1 Å². The lowest BCUT2D eigenvalue weighted by molar-refractivity contribution is -0.138. The molecule has 0 aliphatic carbocycles. The Hall–Kier alpha value is -3.59. The maximum absolute atomic E-state index is 12.4. The van der Waals surface area contributed by atoms with Crippen molar-refractivity contribution in [2.75, 3.05) is 23.8 Å². The third-order valence-corrected chi connectivity index (χ3v) is 4.97. The molecule has 0 aromatic heterocycles. The molecule has 1 amide bonds. The Balaban J connectivity index is 1.95. The fourth-order valence-electron chi connectivity index (χ4n) is 3.29. The highest BCUT2D eigenvalue weighted by Crippen LogP contribution is 2.35. The summed E-state index contributed by atoms with van der Waals surface area (Å²) in [5, 5.41) is 13.6. The maximum Gasteiger partial charge on any atom is 0.411 e. The van der Waals surface area contributed by atoms with Crippen LogP contribution in [0.25, 0.3) is 17.2 Å². The van der Waals surface area contributed by atoms with Crippen LogP contribution >= 0.6 is 11.6 Å². The van der Waals surface area contributed by atoms with E-state index in [9.17, 15) is 9.59 Å². The summed E-state index contributed by atoms with van der Waals surface area (Å²) in [6.07, 6.45) is 0.992. The summed E-state index contributed by atoms with van der Waals surface area (Å²) in [6.45, 7) is 4.02. The predicted octanol–water partition coefficient (Wildman–Crippen LogP) is 4.99. The highest BCUT2D eigenvalue weighted by atomic mass is 35.5. The van der Waals surface area contributed by atoms with Crippen LogP contribution in [-0.4, -0.2) is 31.4 Å². The molecule has 32 heavy (non-hydrogen) atoms. The van der Waals surface area contributed by atoms with E-state index in [0.29, 0.717) is 16.3 Å². The number of fused-ring (bicyclic) bond motifs is 1. The first kappa shape index (κ1) is 23.1. The first-order chi connectivity index (χ1) is 15.4. The van der Waals surface area contributed by atoms with Crippen molar-refractivity contribution in [3.8, 4) is 11.1 Å². The SMILES string of the molecule is CCOC(=O)Nc1ccc(-c2ccc3c(c2)C=C(C(=O)OCC)CC(N=NN)N3)c(Cl)c1. The zero-order valence-electron chi connectivity index (χ0n) is 17.7. The van der Waals surface area contributed by atoms with Gasteiger partial charge in [0, 0.05) is 28.9 Å². The number of carbonyl (C=O) groups is 2. The van der Waals surface area contributed by atoms with E-state index >= 15 is 0 Å². The summed E-state index contributed by atoms with van der Waals surface area (Å²) in [5.74, 6) is 4.80. The number of nitrogens with two attached hydrogens (primary N) is 1. The number of benzene rings is 2. The number of hydrogen-bond donors (Lipinski definition) is 3. The fourth-order valence-corrected chi connectivity index (χ4v) is 3.58. The number of halogens is 1. The van der Waals surface area contributed by atoms with E-state index in [0.717, 1.165) is 22.4 Å². The summed E-state index contributed by atoms with van der Waals surface area (Å²) >= 11 is 6.49. The average Bonchev–Trinajstić information content (AvgIpc) is 2.93. The van der Waals surface area contributed by atoms with Gasteiger partial charge < -0.3 is 20.6 Å². The van der Waals surface area contributed by atoms with E-state index in [4.69, 9.17) is 26.9 Å². The molecule has 1 unspecified atom stereocenters. The smallest absolute Gasteiger partial charge is 0.411 e. The number of esters is 1. The van der Waals surface area contributed by atoms with Crippen LogP contribution in [0.2, 0.25) is 5.02 Å². The Morgan fingerprint density at radius 1 is 1.19 bits per heavy atom. The minimum absolute atomic E-state index is 0.265. The molecule has 0 spiro atoms. The summed E-state index contributed by atoms with van der Waals surface area (Å²) in [5.41, 5.74) is 4.10. The number of nitrogens with zero attached hydrogens (tertiary/aromatic N) is 2. The Morgan fingerprint density at radius 3 is 2.66 bits per heavy atom. The highest BCUT2D eigenvalue weighted by molar-refractivity contribution is 6.33. The zero-order chi connectivity index (χ0) is 23.1. The van der Waals surface area contributed by atoms with Crippen molar-refractivity contribution in [2.45, 2.75) is 26.4 Å². The van der Waals surface area contributed by atoms with Crippen molar-refractivity contribution >= 4 is 41.1 Å². The topological polar surface area (TPSA) is 127 Å². The third kappa shape index (κ3) is 5.55. The number of ether oxygens (including phenoxy) is 2. The van der Waals surface area contributed by atoms with Gasteiger partial charge in [-0.2, -0.15) is 0 Å². The number of rotatable bonds is 6. The molecule has 1 atom stereocenters. The molecule has 4 N–H and O–H groups in total. The molecule has 168 valence electrons. The summed E-state index contributed by atoms with van der Waals surface area (Å²) in [6, 6.07) is 10.9. The Labute approximate surface area is 190 Å². The minimum Gasteiger partial charge on any atom is -0.463 e. The predicted molar refractivity (Wildman–Crippen MR) is 123 cm³/mol. The van der Waals surface area contributed by atoms with Crippen molar-refractivity contribution < 1.29 is 19.1 Å². The fraction of sp³-hybridized carbons (Fsp3) is 0.273. The maximum atomic E-state index is 12.4. The van der Waals surface area contributed by atoms with Crippen molar-refractivity contribution in [1.29, 1.82) is 0 Å². The van der Waals surface area contributed by atoms with Gasteiger partial charge in [-0.3, -0.25) is 5.32 Å². The van der Waals surface area contributed by atoms with Crippen LogP contribution in [0.15, 0.2) is 52.3 Å². The van der Waals surface area contributed by atoms with Gasteiger partial charge in [-0.15, -0.1) is 5.11 Å². The van der Waals surface area contributed by atoms with Crippen LogP contribution in [0.1, 0.15) is 25.8 Å². The Morgan fingerprint density at radius 2 is 1.97 bits per heavy atom. The Bertz CT molecular complexity index is 1070. The van der Waals surface area contributed by atoms with Gasteiger partial charge in [-0.05, 0) is 55.3 Å². The molecular formula is C22H24ClN5O4. The molecule has 0 saturated heterocycles. The van der Waals surface area contributed by atoms with Crippen molar-refractivity contribution in [3.05, 3.63) is 52.6 Å². The standard InChI is InChI=1S/C22H24ClN5O4/c1-3-31-21(29)15-10-14-9-13(5-8-19(14)26-20(11-15)27-28-24)17-7-6-16(12-18(17)23)25-22(30)32-4-2/h5-10,12,20,26H,3-4,11H2,1-2H3,(H2,24,27)(H,25,30). The van der Waals surface area contributed by atoms with E-state index < -0.39 is 18.2 Å². The molecule has 1 heterocycles. The van der Waals surface area contributed by atoms with E-state index in [1.807, 2.05) is 18.2 Å².